The molecule has 0 aromatic carbocycles. The molecule has 2 aromatic rings. The highest BCUT2D eigenvalue weighted by Gasteiger charge is 2.30. The first-order chi connectivity index (χ1) is 10.4. The number of rotatable bonds is 4. The molecule has 2 heterocycles. The summed E-state index contributed by atoms with van der Waals surface area (Å²) >= 11 is 0. The number of nitrogens with zero attached hydrogens (tertiary/aromatic N) is 1. The minimum Gasteiger partial charge on any atom is -0.441 e. The predicted octanol–water partition coefficient (Wildman–Crippen LogP) is 3.93. The van der Waals surface area contributed by atoms with Gasteiger partial charge in [-0.3, -0.25) is 0 Å². The van der Waals surface area contributed by atoms with Crippen molar-refractivity contribution in [3.05, 3.63) is 30.1 Å². The van der Waals surface area contributed by atoms with Gasteiger partial charge in [-0.25, -0.2) is 9.78 Å². The van der Waals surface area contributed by atoms with Crippen LogP contribution in [0.3, 0.4) is 0 Å². The molecule has 0 radical (unpaired) electrons. The van der Waals surface area contributed by atoms with Crippen molar-refractivity contribution in [2.75, 3.05) is 0 Å². The van der Waals surface area contributed by atoms with Crippen molar-refractivity contribution in [3.63, 3.8) is 0 Å². The Bertz CT molecular complexity index is 668. The second-order valence-corrected chi connectivity index (χ2v) is 7.09. The molecule has 3 rings (SSSR count). The Balaban J connectivity index is 1.81. The SMILES string of the molecule is CC(C)(C)NC(=O)OC(CC1CC1)c1c[nH]c2ncccc12. The number of carbonyl (C=O) groups excluding carboxylic acids is 1. The molecule has 1 fully saturated rings. The predicted molar refractivity (Wildman–Crippen MR) is 85.5 cm³/mol. The molecule has 1 aliphatic rings. The molecule has 2 aromatic heterocycles. The first-order valence-corrected chi connectivity index (χ1v) is 7.83. The van der Waals surface area contributed by atoms with Crippen LogP contribution < -0.4 is 5.32 Å². The molecule has 0 aliphatic heterocycles. The van der Waals surface area contributed by atoms with Crippen LogP contribution in [0.25, 0.3) is 11.0 Å². The van der Waals surface area contributed by atoms with Crippen molar-refractivity contribution >= 4 is 17.1 Å². The van der Waals surface area contributed by atoms with Gasteiger partial charge in [0, 0.05) is 28.9 Å². The number of nitrogens with one attached hydrogen (secondary N) is 2. The molecule has 1 saturated carbocycles. The van der Waals surface area contributed by atoms with E-state index in [0.717, 1.165) is 23.0 Å². The quantitative estimate of drug-likeness (QED) is 0.899. The zero-order chi connectivity index (χ0) is 15.7. The van der Waals surface area contributed by atoms with Crippen molar-refractivity contribution in [2.24, 2.45) is 5.92 Å². The first kappa shape index (κ1) is 14.9. The summed E-state index contributed by atoms with van der Waals surface area (Å²) in [6.45, 7) is 5.83. The number of fused-ring (bicyclic) bond motifs is 1. The molecule has 118 valence electrons. The Morgan fingerprint density at radius 1 is 1.50 bits per heavy atom. The van der Waals surface area contributed by atoms with Crippen molar-refractivity contribution in [2.45, 2.75) is 51.7 Å². The van der Waals surface area contributed by atoms with Gasteiger partial charge in [-0.05, 0) is 45.2 Å². The van der Waals surface area contributed by atoms with Crippen LogP contribution in [0.15, 0.2) is 24.5 Å². The van der Waals surface area contributed by atoms with Crippen LogP contribution in [0.5, 0.6) is 0 Å². The topological polar surface area (TPSA) is 67.0 Å². The Labute approximate surface area is 130 Å². The standard InChI is InChI=1S/C17H23N3O2/c1-17(2,3)20-16(21)22-14(9-11-6-7-11)13-10-19-15-12(13)5-4-8-18-15/h4-5,8,10-11,14H,6-7,9H2,1-3H3,(H,18,19)(H,20,21). The number of alkyl carbamates (subject to hydrolysis) is 1. The van der Waals surface area contributed by atoms with E-state index >= 15 is 0 Å². The lowest BCUT2D eigenvalue weighted by molar-refractivity contribution is 0.0840. The number of hydrogen-bond donors (Lipinski definition) is 2. The molecule has 0 saturated heterocycles. The number of H-pyrrole nitrogens is 1. The molecular formula is C17H23N3O2. The maximum atomic E-state index is 12.1. The zero-order valence-corrected chi connectivity index (χ0v) is 13.3. The summed E-state index contributed by atoms with van der Waals surface area (Å²) in [6.07, 6.45) is 6.40. The second kappa shape index (κ2) is 5.63. The molecular weight excluding hydrogens is 278 g/mol. The maximum absolute atomic E-state index is 12.1. The summed E-state index contributed by atoms with van der Waals surface area (Å²) in [4.78, 5) is 19.6. The molecule has 0 spiro atoms. The molecule has 1 amide bonds. The van der Waals surface area contributed by atoms with E-state index in [1.165, 1.54) is 12.8 Å². The highest BCUT2D eigenvalue weighted by molar-refractivity contribution is 5.80. The summed E-state index contributed by atoms with van der Waals surface area (Å²) in [5.41, 5.74) is 1.54. The van der Waals surface area contributed by atoms with Crippen molar-refractivity contribution < 1.29 is 9.53 Å². The third-order valence-electron chi connectivity index (χ3n) is 3.80. The number of aromatic amines is 1. The van der Waals surface area contributed by atoms with E-state index in [-0.39, 0.29) is 17.7 Å². The van der Waals surface area contributed by atoms with Crippen LogP contribution in [-0.4, -0.2) is 21.6 Å². The van der Waals surface area contributed by atoms with Crippen LogP contribution >= 0.6 is 0 Å². The van der Waals surface area contributed by atoms with Gasteiger partial charge in [-0.15, -0.1) is 0 Å². The van der Waals surface area contributed by atoms with Gasteiger partial charge < -0.3 is 15.0 Å². The third-order valence-corrected chi connectivity index (χ3v) is 3.80. The summed E-state index contributed by atoms with van der Waals surface area (Å²) < 4.78 is 5.73. The van der Waals surface area contributed by atoms with Gasteiger partial charge in [0.05, 0.1) is 0 Å². The van der Waals surface area contributed by atoms with E-state index in [0.29, 0.717) is 5.92 Å². The molecule has 0 bridgehead atoms. The monoisotopic (exact) mass is 301 g/mol. The van der Waals surface area contributed by atoms with Crippen LogP contribution in [0, 0.1) is 5.92 Å². The van der Waals surface area contributed by atoms with Crippen LogP contribution in [0.1, 0.15) is 51.7 Å². The molecule has 1 unspecified atom stereocenters. The lowest BCUT2D eigenvalue weighted by atomic mass is 10.0. The van der Waals surface area contributed by atoms with E-state index in [1.54, 1.807) is 6.20 Å². The van der Waals surface area contributed by atoms with E-state index in [2.05, 4.69) is 15.3 Å². The largest absolute Gasteiger partial charge is 0.441 e. The number of hydrogen-bond acceptors (Lipinski definition) is 3. The highest BCUT2D eigenvalue weighted by atomic mass is 16.6. The lowest BCUT2D eigenvalue weighted by Crippen LogP contribution is -2.41. The van der Waals surface area contributed by atoms with E-state index < -0.39 is 0 Å². The average molecular weight is 301 g/mol. The minimum atomic E-state index is -0.364. The Hall–Kier alpha value is -2.04. The third kappa shape index (κ3) is 3.59. The smallest absolute Gasteiger partial charge is 0.408 e. The van der Waals surface area contributed by atoms with Gasteiger partial charge in [0.2, 0.25) is 0 Å². The summed E-state index contributed by atoms with van der Waals surface area (Å²) in [7, 11) is 0. The number of amides is 1. The maximum Gasteiger partial charge on any atom is 0.408 e. The Morgan fingerprint density at radius 3 is 2.95 bits per heavy atom. The summed E-state index contributed by atoms with van der Waals surface area (Å²) in [5.74, 6) is 0.661. The van der Waals surface area contributed by atoms with Crippen molar-refractivity contribution in [3.8, 4) is 0 Å². The van der Waals surface area contributed by atoms with E-state index in [4.69, 9.17) is 4.74 Å². The van der Waals surface area contributed by atoms with Gasteiger partial charge in [0.1, 0.15) is 11.8 Å². The van der Waals surface area contributed by atoms with E-state index in [9.17, 15) is 4.79 Å². The van der Waals surface area contributed by atoms with Gasteiger partial charge >= 0.3 is 6.09 Å². The fraction of sp³-hybridized carbons (Fsp3) is 0.529. The summed E-state index contributed by atoms with van der Waals surface area (Å²) in [5, 5.41) is 3.89. The molecule has 2 N–H and O–H groups in total. The molecule has 1 atom stereocenters. The molecule has 5 heteroatoms. The fourth-order valence-corrected chi connectivity index (χ4v) is 2.60. The molecule has 1 aliphatic carbocycles. The lowest BCUT2D eigenvalue weighted by Gasteiger charge is -2.23. The number of ether oxygens (including phenoxy) is 1. The summed E-state index contributed by atoms with van der Waals surface area (Å²) in [6, 6.07) is 3.92. The van der Waals surface area contributed by atoms with Crippen molar-refractivity contribution in [1.82, 2.24) is 15.3 Å². The van der Waals surface area contributed by atoms with Gasteiger partial charge in [0.25, 0.3) is 0 Å². The van der Waals surface area contributed by atoms with E-state index in [1.807, 2.05) is 39.1 Å². The number of aromatic nitrogens is 2. The average Bonchev–Trinajstić information content (AvgIpc) is 3.13. The molecule has 5 nitrogen and oxygen atoms in total. The first-order valence-electron chi connectivity index (χ1n) is 7.83. The van der Waals surface area contributed by atoms with Gasteiger partial charge in [0.15, 0.2) is 0 Å². The van der Waals surface area contributed by atoms with Gasteiger partial charge in [-0.1, -0.05) is 12.8 Å². The minimum absolute atomic E-state index is 0.229. The van der Waals surface area contributed by atoms with Crippen LogP contribution in [0.2, 0.25) is 0 Å². The molecule has 22 heavy (non-hydrogen) atoms. The number of pyridine rings is 1. The fourth-order valence-electron chi connectivity index (χ4n) is 2.60. The zero-order valence-electron chi connectivity index (χ0n) is 13.3. The normalized spacial score (nSPS) is 16.5. The van der Waals surface area contributed by atoms with Crippen LogP contribution in [-0.2, 0) is 4.74 Å². The Kier molecular flexibility index (Phi) is 3.81. The Morgan fingerprint density at radius 2 is 2.27 bits per heavy atom. The van der Waals surface area contributed by atoms with Gasteiger partial charge in [-0.2, -0.15) is 0 Å². The van der Waals surface area contributed by atoms with Crippen LogP contribution in [0.4, 0.5) is 4.79 Å². The highest BCUT2D eigenvalue weighted by Crippen LogP contribution is 2.40. The number of carbonyl (C=O) groups is 1. The van der Waals surface area contributed by atoms with Crippen molar-refractivity contribution in [1.29, 1.82) is 0 Å². The second-order valence-electron chi connectivity index (χ2n) is 7.09.